The van der Waals surface area contributed by atoms with Gasteiger partial charge in [-0.05, 0) is 37.2 Å². The summed E-state index contributed by atoms with van der Waals surface area (Å²) in [6, 6.07) is 0. The summed E-state index contributed by atoms with van der Waals surface area (Å²) in [5.74, 6) is -1.63. The molecule has 0 aromatic carbocycles. The van der Waals surface area contributed by atoms with Gasteiger partial charge in [-0.25, -0.2) is 0 Å². The zero-order chi connectivity index (χ0) is 25.2. The topological polar surface area (TPSA) is 117 Å². The molecule has 3 heterocycles. The molecule has 10 heteroatoms. The Balaban J connectivity index is 1.54. The third-order valence-electron chi connectivity index (χ3n) is 7.02. The van der Waals surface area contributed by atoms with Crippen LogP contribution in [-0.4, -0.2) is 61.3 Å². The highest BCUT2D eigenvalue weighted by Gasteiger charge is 2.40. The Morgan fingerprint density at radius 3 is 2.74 bits per heavy atom. The van der Waals surface area contributed by atoms with Gasteiger partial charge in [0.25, 0.3) is 5.91 Å². The second-order valence-corrected chi connectivity index (χ2v) is 11.3. The minimum atomic E-state index is -2.50. The highest BCUT2D eigenvalue weighted by molar-refractivity contribution is 7.73. The van der Waals surface area contributed by atoms with Gasteiger partial charge in [0.2, 0.25) is 10.3 Å². The van der Waals surface area contributed by atoms with E-state index in [2.05, 4.69) is 5.32 Å². The van der Waals surface area contributed by atoms with E-state index in [-0.39, 0.29) is 22.8 Å². The molecular formula is C25H33N3O6S. The number of esters is 1. The third kappa shape index (κ3) is 5.43. The fraction of sp³-hybridized carbons (Fsp3) is 0.600. The molecule has 1 aliphatic carbocycles. The van der Waals surface area contributed by atoms with E-state index in [1.165, 1.54) is 12.2 Å². The van der Waals surface area contributed by atoms with Gasteiger partial charge in [-0.15, -0.1) is 0 Å². The molecule has 4 rings (SSSR count). The molecule has 1 spiro atoms. The first-order valence-electron chi connectivity index (χ1n) is 12.1. The number of rotatable bonds is 6. The van der Waals surface area contributed by atoms with Crippen LogP contribution in [0, 0.1) is 16.7 Å². The first kappa shape index (κ1) is 25.4. The van der Waals surface area contributed by atoms with E-state index < -0.39 is 27.6 Å². The van der Waals surface area contributed by atoms with Crippen molar-refractivity contribution in [2.75, 3.05) is 26.4 Å². The molecule has 1 aromatic rings. The zero-order valence-corrected chi connectivity index (χ0v) is 21.3. The quantitative estimate of drug-likeness (QED) is 0.465. The van der Waals surface area contributed by atoms with Crippen LogP contribution in [0.15, 0.2) is 24.3 Å². The number of amides is 1. The molecule has 9 nitrogen and oxygen atoms in total. The van der Waals surface area contributed by atoms with Gasteiger partial charge >= 0.3 is 5.97 Å². The molecule has 1 atom stereocenters. The van der Waals surface area contributed by atoms with Gasteiger partial charge in [-0.1, -0.05) is 39.0 Å². The van der Waals surface area contributed by atoms with Gasteiger partial charge in [-0.3, -0.25) is 14.3 Å². The van der Waals surface area contributed by atoms with Gasteiger partial charge in [0.05, 0.1) is 28.4 Å². The molecule has 0 bridgehead atoms. The van der Waals surface area contributed by atoms with Crippen LogP contribution in [0.4, 0.5) is 0 Å². The SMILES string of the molecule is CCc1nn(CC(C)(C)COC(=O)C2C=CC=CC2=S(=O)=O)c2c1C(=O)NCC1(CCOCC1)C2. The van der Waals surface area contributed by atoms with Gasteiger partial charge in [0, 0.05) is 31.7 Å². The Morgan fingerprint density at radius 1 is 1.31 bits per heavy atom. The smallest absolute Gasteiger partial charge is 0.318 e. The van der Waals surface area contributed by atoms with E-state index in [0.29, 0.717) is 38.3 Å². The average molecular weight is 504 g/mol. The number of allylic oxidation sites excluding steroid dienone is 3. The van der Waals surface area contributed by atoms with E-state index >= 15 is 0 Å². The molecule has 1 fully saturated rings. The molecule has 1 N–H and O–H groups in total. The molecular weight excluding hydrogens is 470 g/mol. The number of hydrogen-bond acceptors (Lipinski definition) is 7. The monoisotopic (exact) mass is 503 g/mol. The van der Waals surface area contributed by atoms with Gasteiger partial charge in [-0.2, -0.15) is 13.5 Å². The first-order chi connectivity index (χ1) is 16.6. The van der Waals surface area contributed by atoms with Crippen molar-refractivity contribution in [1.29, 1.82) is 0 Å². The van der Waals surface area contributed by atoms with Gasteiger partial charge in [0.1, 0.15) is 5.92 Å². The summed E-state index contributed by atoms with van der Waals surface area (Å²) in [7, 11) is -2.50. The fourth-order valence-corrected chi connectivity index (χ4v) is 5.56. The van der Waals surface area contributed by atoms with Crippen LogP contribution in [0.3, 0.4) is 0 Å². The predicted molar refractivity (Wildman–Crippen MR) is 131 cm³/mol. The number of ether oxygens (including phenoxy) is 2. The van der Waals surface area contributed by atoms with Crippen molar-refractivity contribution in [3.63, 3.8) is 0 Å². The summed E-state index contributed by atoms with van der Waals surface area (Å²) < 4.78 is 36.0. The summed E-state index contributed by atoms with van der Waals surface area (Å²) in [6.45, 7) is 8.44. The number of nitrogens with zero attached hydrogens (tertiary/aromatic N) is 2. The summed E-state index contributed by atoms with van der Waals surface area (Å²) in [5.41, 5.74) is 1.80. The third-order valence-corrected chi connectivity index (χ3v) is 7.80. The van der Waals surface area contributed by atoms with Gasteiger partial charge in [0.15, 0.2) is 0 Å². The number of hydrogen-bond donors (Lipinski definition) is 1. The number of carbonyl (C=O) groups excluding carboxylic acids is 2. The maximum Gasteiger partial charge on any atom is 0.318 e. The van der Waals surface area contributed by atoms with Crippen LogP contribution < -0.4 is 5.32 Å². The van der Waals surface area contributed by atoms with Crippen LogP contribution in [0.5, 0.6) is 0 Å². The number of nitrogens with one attached hydrogen (secondary N) is 1. The number of carbonyl (C=O) groups is 2. The Kier molecular flexibility index (Phi) is 7.32. The van der Waals surface area contributed by atoms with Gasteiger partial charge < -0.3 is 14.8 Å². The zero-order valence-electron chi connectivity index (χ0n) is 20.5. The van der Waals surface area contributed by atoms with E-state index in [1.807, 2.05) is 25.5 Å². The van der Waals surface area contributed by atoms with Crippen molar-refractivity contribution in [1.82, 2.24) is 15.1 Å². The Hall–Kier alpha value is -2.72. The normalized spacial score (nSPS) is 21.4. The molecule has 0 saturated carbocycles. The lowest BCUT2D eigenvalue weighted by Crippen LogP contribution is -2.41. The Labute approximate surface area is 207 Å². The first-order valence-corrected chi connectivity index (χ1v) is 13.1. The van der Waals surface area contributed by atoms with Crippen molar-refractivity contribution in [3.8, 4) is 0 Å². The lowest BCUT2D eigenvalue weighted by Gasteiger charge is -2.36. The van der Waals surface area contributed by atoms with Crippen molar-refractivity contribution < 1.29 is 27.5 Å². The summed E-state index contributed by atoms with van der Waals surface area (Å²) in [4.78, 5) is 25.7. The molecule has 35 heavy (non-hydrogen) atoms. The highest BCUT2D eigenvalue weighted by atomic mass is 32.2. The van der Waals surface area contributed by atoms with Crippen LogP contribution in [-0.2, 0) is 43.9 Å². The molecule has 1 amide bonds. The molecule has 3 aliphatic rings. The van der Waals surface area contributed by atoms with E-state index in [9.17, 15) is 18.0 Å². The molecule has 1 saturated heterocycles. The lowest BCUT2D eigenvalue weighted by molar-refractivity contribution is -0.148. The van der Waals surface area contributed by atoms with Crippen LogP contribution >= 0.6 is 0 Å². The maximum atomic E-state index is 13.0. The minimum Gasteiger partial charge on any atom is -0.464 e. The van der Waals surface area contributed by atoms with Crippen LogP contribution in [0.25, 0.3) is 0 Å². The molecule has 1 unspecified atom stereocenters. The fourth-order valence-electron chi connectivity index (χ4n) is 4.99. The average Bonchev–Trinajstić information content (AvgIpc) is 3.10. The second-order valence-electron chi connectivity index (χ2n) is 10.4. The van der Waals surface area contributed by atoms with Crippen molar-refractivity contribution in [2.24, 2.45) is 16.7 Å². The van der Waals surface area contributed by atoms with E-state index in [0.717, 1.165) is 30.7 Å². The van der Waals surface area contributed by atoms with Crippen molar-refractivity contribution >= 4 is 27.0 Å². The number of fused-ring (bicyclic) bond motifs is 1. The standard InChI is InChI=1S/C25H33N3O6S/c1-4-18-21-19(13-25(14-26-22(21)29)9-11-33-12-10-25)28(27-18)15-24(2,3)16-34-23(30)17-7-5-6-8-20(17)35(31)32/h5-8,17H,4,9-16H2,1-3H3,(H,26,29). The summed E-state index contributed by atoms with van der Waals surface area (Å²) >= 11 is 0. The second kappa shape index (κ2) is 10.1. The summed E-state index contributed by atoms with van der Waals surface area (Å²) in [5, 5.41) is 7.92. The summed E-state index contributed by atoms with van der Waals surface area (Å²) in [6.07, 6.45) is 9.27. The van der Waals surface area contributed by atoms with Crippen molar-refractivity contribution in [2.45, 2.75) is 53.0 Å². The Morgan fingerprint density at radius 2 is 2.06 bits per heavy atom. The van der Waals surface area contributed by atoms with E-state index in [4.69, 9.17) is 14.6 Å². The molecule has 190 valence electrons. The van der Waals surface area contributed by atoms with Crippen molar-refractivity contribution in [3.05, 3.63) is 41.3 Å². The molecule has 2 aliphatic heterocycles. The lowest BCUT2D eigenvalue weighted by atomic mass is 9.76. The largest absolute Gasteiger partial charge is 0.464 e. The maximum absolute atomic E-state index is 13.0. The predicted octanol–water partition coefficient (Wildman–Crippen LogP) is 1.89. The molecule has 0 radical (unpaired) electrons. The number of aromatic nitrogens is 2. The highest BCUT2D eigenvalue weighted by Crippen LogP contribution is 2.38. The van der Waals surface area contributed by atoms with Crippen LogP contribution in [0.1, 0.15) is 55.4 Å². The number of aryl methyl sites for hydroxylation is 1. The van der Waals surface area contributed by atoms with Crippen LogP contribution in [0.2, 0.25) is 0 Å². The Bertz CT molecular complexity index is 1190. The molecule has 1 aromatic heterocycles. The van der Waals surface area contributed by atoms with E-state index in [1.54, 1.807) is 12.2 Å². The minimum absolute atomic E-state index is 0.00642.